The number of hydrogen-bond acceptors (Lipinski definition) is 6. The van der Waals surface area contributed by atoms with Gasteiger partial charge in [-0.25, -0.2) is 4.98 Å². The molecule has 0 bridgehead atoms. The van der Waals surface area contributed by atoms with Crippen LogP contribution >= 0.6 is 0 Å². The van der Waals surface area contributed by atoms with Crippen molar-refractivity contribution in [1.29, 1.82) is 0 Å². The highest BCUT2D eigenvalue weighted by Gasteiger charge is 2.30. The number of aryl methyl sites for hydroxylation is 1. The normalized spacial score (nSPS) is 17.9. The van der Waals surface area contributed by atoms with Crippen LogP contribution in [0.15, 0.2) is 18.5 Å². The van der Waals surface area contributed by atoms with Gasteiger partial charge in [-0.05, 0) is 18.4 Å². The second-order valence-corrected chi connectivity index (χ2v) is 6.68. The largest absolute Gasteiger partial charge is 0.382 e. The molecule has 2 aromatic rings. The molecular formula is C17H24N6O2. The van der Waals surface area contributed by atoms with Gasteiger partial charge in [-0.1, -0.05) is 13.8 Å². The zero-order valence-electron chi connectivity index (χ0n) is 14.8. The highest BCUT2D eigenvalue weighted by atomic mass is 16.5. The molecule has 0 aliphatic carbocycles. The summed E-state index contributed by atoms with van der Waals surface area (Å²) < 4.78 is 7.40. The summed E-state index contributed by atoms with van der Waals surface area (Å²) in [4.78, 5) is 23.0. The maximum absolute atomic E-state index is 12.9. The minimum atomic E-state index is -0.366. The van der Waals surface area contributed by atoms with Crippen LogP contribution < -0.4 is 5.73 Å². The van der Waals surface area contributed by atoms with E-state index in [1.807, 2.05) is 6.07 Å². The number of aromatic nitrogens is 4. The van der Waals surface area contributed by atoms with Gasteiger partial charge >= 0.3 is 0 Å². The molecule has 1 atom stereocenters. The molecule has 1 amide bonds. The first-order valence-electron chi connectivity index (χ1n) is 8.46. The topological polar surface area (TPSA) is 99.2 Å². The van der Waals surface area contributed by atoms with Crippen molar-refractivity contribution in [3.05, 3.63) is 35.5 Å². The van der Waals surface area contributed by atoms with Crippen LogP contribution in [0.2, 0.25) is 0 Å². The Balaban J connectivity index is 1.76. The van der Waals surface area contributed by atoms with Crippen molar-refractivity contribution in [2.24, 2.45) is 13.0 Å². The fraction of sp³-hybridized carbons (Fsp3) is 0.529. The minimum absolute atomic E-state index is 0.0548. The summed E-state index contributed by atoms with van der Waals surface area (Å²) in [7, 11) is 1.80. The highest BCUT2D eigenvalue weighted by molar-refractivity contribution is 5.92. The Kier molecular flexibility index (Phi) is 4.98. The van der Waals surface area contributed by atoms with Gasteiger partial charge in [0.15, 0.2) is 0 Å². The van der Waals surface area contributed by atoms with Crippen molar-refractivity contribution in [3.8, 4) is 0 Å². The van der Waals surface area contributed by atoms with E-state index in [9.17, 15) is 4.79 Å². The fourth-order valence-electron chi connectivity index (χ4n) is 3.01. The van der Waals surface area contributed by atoms with E-state index in [1.165, 1.54) is 6.20 Å². The van der Waals surface area contributed by atoms with Crippen molar-refractivity contribution in [2.75, 3.05) is 25.4 Å². The fourth-order valence-corrected chi connectivity index (χ4v) is 3.01. The predicted molar refractivity (Wildman–Crippen MR) is 92.8 cm³/mol. The van der Waals surface area contributed by atoms with E-state index in [2.05, 4.69) is 28.9 Å². The van der Waals surface area contributed by atoms with Gasteiger partial charge in [-0.3, -0.25) is 14.5 Å². The molecule has 2 aromatic heterocycles. The lowest BCUT2D eigenvalue weighted by Gasteiger charge is -2.32. The Morgan fingerprint density at radius 1 is 1.40 bits per heavy atom. The van der Waals surface area contributed by atoms with Gasteiger partial charge in [0.1, 0.15) is 23.3 Å². The Morgan fingerprint density at radius 2 is 2.16 bits per heavy atom. The number of amides is 1. The smallest absolute Gasteiger partial charge is 0.272 e. The second-order valence-electron chi connectivity index (χ2n) is 6.68. The van der Waals surface area contributed by atoms with Crippen LogP contribution in [0.4, 0.5) is 5.82 Å². The third-order valence-electron chi connectivity index (χ3n) is 4.18. The van der Waals surface area contributed by atoms with Crippen LogP contribution in [0, 0.1) is 5.92 Å². The molecule has 1 unspecified atom stereocenters. The summed E-state index contributed by atoms with van der Waals surface area (Å²) in [6.45, 7) is 5.62. The van der Waals surface area contributed by atoms with E-state index in [1.54, 1.807) is 22.8 Å². The van der Waals surface area contributed by atoms with Gasteiger partial charge in [0.05, 0.1) is 18.8 Å². The second kappa shape index (κ2) is 7.18. The van der Waals surface area contributed by atoms with E-state index < -0.39 is 0 Å². The quantitative estimate of drug-likeness (QED) is 0.895. The van der Waals surface area contributed by atoms with Crippen LogP contribution in [0.1, 0.15) is 41.8 Å². The molecule has 0 spiro atoms. The maximum Gasteiger partial charge on any atom is 0.272 e. The number of nitrogens with two attached hydrogens (primary N) is 1. The van der Waals surface area contributed by atoms with E-state index in [0.717, 1.165) is 12.1 Å². The lowest BCUT2D eigenvalue weighted by Crippen LogP contribution is -2.43. The number of hydrogen-bond donors (Lipinski definition) is 1. The van der Waals surface area contributed by atoms with Crippen LogP contribution in [0.3, 0.4) is 0 Å². The number of anilines is 1. The molecule has 8 heteroatoms. The molecule has 3 heterocycles. The molecule has 2 N–H and O–H groups in total. The third kappa shape index (κ3) is 3.79. The summed E-state index contributed by atoms with van der Waals surface area (Å²) in [5, 5.41) is 4.45. The molecular weight excluding hydrogens is 320 g/mol. The molecule has 134 valence electrons. The summed E-state index contributed by atoms with van der Waals surface area (Å²) in [5.41, 5.74) is 7.98. The van der Waals surface area contributed by atoms with E-state index in [-0.39, 0.29) is 12.0 Å². The molecule has 0 saturated carbocycles. The predicted octanol–water partition coefficient (Wildman–Crippen LogP) is 1.20. The first-order chi connectivity index (χ1) is 12.0. The number of morpholine rings is 1. The first-order valence-corrected chi connectivity index (χ1v) is 8.46. The molecule has 0 aromatic carbocycles. The zero-order chi connectivity index (χ0) is 18.0. The summed E-state index contributed by atoms with van der Waals surface area (Å²) >= 11 is 0. The lowest BCUT2D eigenvalue weighted by atomic mass is 10.1. The third-order valence-corrected chi connectivity index (χ3v) is 4.18. The number of nitrogens with zero attached hydrogens (tertiary/aromatic N) is 5. The molecule has 1 fully saturated rings. The van der Waals surface area contributed by atoms with Gasteiger partial charge in [0.25, 0.3) is 5.91 Å². The number of carbonyl (C=O) groups excluding carboxylic acids is 1. The average molecular weight is 344 g/mol. The van der Waals surface area contributed by atoms with Crippen LogP contribution in [0.25, 0.3) is 0 Å². The van der Waals surface area contributed by atoms with Gasteiger partial charge in [0, 0.05) is 26.0 Å². The van der Waals surface area contributed by atoms with Crippen molar-refractivity contribution in [2.45, 2.75) is 26.4 Å². The first kappa shape index (κ1) is 17.3. The van der Waals surface area contributed by atoms with Gasteiger partial charge < -0.3 is 15.4 Å². The molecule has 3 rings (SSSR count). The van der Waals surface area contributed by atoms with Crippen molar-refractivity contribution in [1.82, 2.24) is 24.6 Å². The molecule has 1 aliphatic heterocycles. The Labute approximate surface area is 147 Å². The molecule has 25 heavy (non-hydrogen) atoms. The van der Waals surface area contributed by atoms with Gasteiger partial charge in [-0.2, -0.15) is 5.10 Å². The maximum atomic E-state index is 12.9. The van der Waals surface area contributed by atoms with Crippen LogP contribution in [0.5, 0.6) is 0 Å². The highest BCUT2D eigenvalue weighted by Crippen LogP contribution is 2.24. The van der Waals surface area contributed by atoms with Crippen molar-refractivity contribution < 1.29 is 9.53 Å². The molecule has 8 nitrogen and oxygen atoms in total. The lowest BCUT2D eigenvalue weighted by molar-refractivity contribution is -0.0248. The zero-order valence-corrected chi connectivity index (χ0v) is 14.8. The van der Waals surface area contributed by atoms with E-state index in [4.69, 9.17) is 10.5 Å². The average Bonchev–Trinajstić information content (AvgIpc) is 2.94. The van der Waals surface area contributed by atoms with Crippen molar-refractivity contribution >= 4 is 11.7 Å². The number of nitrogen functional groups attached to an aromatic ring is 1. The SMILES string of the molecule is CC(C)Cc1cc(C(=O)N2CCOC(c3nccnc3N)C2)n(C)n1. The van der Waals surface area contributed by atoms with E-state index in [0.29, 0.717) is 42.8 Å². The standard InChI is InChI=1S/C17H24N6O2/c1-11(2)8-12-9-13(22(3)21-12)17(24)23-6-7-25-14(10-23)15-16(18)20-5-4-19-15/h4-5,9,11,14H,6-8,10H2,1-3H3,(H2,18,20). The van der Waals surface area contributed by atoms with Gasteiger partial charge in [-0.15, -0.1) is 0 Å². The van der Waals surface area contributed by atoms with Crippen molar-refractivity contribution in [3.63, 3.8) is 0 Å². The summed E-state index contributed by atoms with van der Waals surface area (Å²) in [5.74, 6) is 0.771. The Bertz CT molecular complexity index is 757. The molecule has 0 radical (unpaired) electrons. The summed E-state index contributed by atoms with van der Waals surface area (Å²) in [6, 6.07) is 1.88. The Morgan fingerprint density at radius 3 is 2.88 bits per heavy atom. The van der Waals surface area contributed by atoms with Crippen LogP contribution in [-0.4, -0.2) is 50.3 Å². The minimum Gasteiger partial charge on any atom is -0.382 e. The Hall–Kier alpha value is -2.48. The van der Waals surface area contributed by atoms with E-state index >= 15 is 0 Å². The number of ether oxygens (including phenoxy) is 1. The number of carbonyl (C=O) groups is 1. The monoisotopic (exact) mass is 344 g/mol. The van der Waals surface area contributed by atoms with Gasteiger partial charge in [0.2, 0.25) is 0 Å². The molecule has 1 aliphatic rings. The van der Waals surface area contributed by atoms with Crippen LogP contribution in [-0.2, 0) is 18.2 Å². The summed E-state index contributed by atoms with van der Waals surface area (Å²) in [6.07, 6.45) is 3.60. The number of rotatable bonds is 4. The molecule has 1 saturated heterocycles.